The molecule has 0 spiro atoms. The first kappa shape index (κ1) is 16.4. The number of ether oxygens (including phenoxy) is 2. The highest BCUT2D eigenvalue weighted by atomic mass is 35.5. The summed E-state index contributed by atoms with van der Waals surface area (Å²) in [5.41, 5.74) is 0.0910. The highest BCUT2D eigenvalue weighted by Gasteiger charge is 2.18. The van der Waals surface area contributed by atoms with Crippen molar-refractivity contribution in [2.75, 3.05) is 7.11 Å². The summed E-state index contributed by atoms with van der Waals surface area (Å²) >= 11 is 5.87. The first-order valence-corrected chi connectivity index (χ1v) is 6.63. The Labute approximate surface area is 135 Å². The lowest BCUT2D eigenvalue weighted by atomic mass is 10.2. The molecule has 0 bridgehead atoms. The van der Waals surface area contributed by atoms with Crippen LogP contribution in [0.2, 0.25) is 5.02 Å². The van der Waals surface area contributed by atoms with Crippen molar-refractivity contribution in [1.29, 1.82) is 0 Å². The zero-order valence-corrected chi connectivity index (χ0v) is 12.6. The summed E-state index contributed by atoms with van der Waals surface area (Å²) in [4.78, 5) is 32.9. The minimum absolute atomic E-state index is 0.0289. The summed E-state index contributed by atoms with van der Waals surface area (Å²) in [5.74, 6) is -0.513. The summed E-state index contributed by atoms with van der Waals surface area (Å²) < 4.78 is 10.2. The molecule has 7 nitrogen and oxygen atoms in total. The molecule has 8 heteroatoms. The van der Waals surface area contributed by atoms with Gasteiger partial charge in [-0.25, -0.2) is 4.79 Å². The average Bonchev–Trinajstić information content (AvgIpc) is 2.54. The third-order valence-corrected chi connectivity index (χ3v) is 3.22. The molecule has 0 fully saturated rings. The number of carbonyl (C=O) groups excluding carboxylic acids is 2. The lowest BCUT2D eigenvalue weighted by Crippen LogP contribution is -2.10. The van der Waals surface area contributed by atoms with Crippen LogP contribution in [0.1, 0.15) is 20.7 Å². The van der Waals surface area contributed by atoms with Gasteiger partial charge in [-0.3, -0.25) is 14.9 Å². The van der Waals surface area contributed by atoms with Gasteiger partial charge in [-0.2, -0.15) is 0 Å². The minimum Gasteiger partial charge on any atom is -0.493 e. The molecule has 118 valence electrons. The van der Waals surface area contributed by atoms with Gasteiger partial charge in [-0.1, -0.05) is 11.6 Å². The molecule has 0 aliphatic rings. The Bertz CT molecular complexity index is 790. The van der Waals surface area contributed by atoms with Crippen LogP contribution in [-0.2, 0) is 0 Å². The van der Waals surface area contributed by atoms with E-state index in [-0.39, 0.29) is 27.8 Å². The maximum absolute atomic E-state index is 12.1. The monoisotopic (exact) mass is 335 g/mol. The number of benzene rings is 2. The van der Waals surface area contributed by atoms with Crippen LogP contribution in [0.4, 0.5) is 5.69 Å². The zero-order valence-electron chi connectivity index (χ0n) is 11.8. The van der Waals surface area contributed by atoms with Gasteiger partial charge < -0.3 is 9.47 Å². The number of esters is 1. The number of non-ortho nitro benzene ring substituents is 1. The van der Waals surface area contributed by atoms with Crippen molar-refractivity contribution in [2.24, 2.45) is 0 Å². The molecule has 0 N–H and O–H groups in total. The minimum atomic E-state index is -0.804. The maximum atomic E-state index is 12.1. The molecule has 2 aromatic rings. The predicted octanol–water partition coefficient (Wildman–Crippen LogP) is 3.29. The van der Waals surface area contributed by atoms with Crippen LogP contribution < -0.4 is 9.47 Å². The third kappa shape index (κ3) is 3.64. The molecule has 2 rings (SSSR count). The quantitative estimate of drug-likeness (QED) is 0.273. The Balaban J connectivity index is 2.29. The van der Waals surface area contributed by atoms with Gasteiger partial charge in [0, 0.05) is 17.7 Å². The average molecular weight is 336 g/mol. The van der Waals surface area contributed by atoms with Crippen LogP contribution >= 0.6 is 11.6 Å². The standard InChI is InChI=1S/C15H10ClNO6/c1-22-14-6-9(8-18)2-5-13(14)23-15(19)11-4-3-10(17(20)21)7-12(11)16/h2-8H,1H3. The molecule has 0 atom stereocenters. The summed E-state index contributed by atoms with van der Waals surface area (Å²) in [5, 5.41) is 10.6. The van der Waals surface area contributed by atoms with Crippen LogP contribution in [0.25, 0.3) is 0 Å². The number of rotatable bonds is 5. The molecule has 2 aromatic carbocycles. The maximum Gasteiger partial charge on any atom is 0.345 e. The van der Waals surface area contributed by atoms with E-state index in [1.165, 1.54) is 31.4 Å². The second-order valence-corrected chi connectivity index (χ2v) is 4.75. The second kappa shape index (κ2) is 6.89. The number of nitro benzene ring substituents is 1. The van der Waals surface area contributed by atoms with Gasteiger partial charge in [0.25, 0.3) is 5.69 Å². The van der Waals surface area contributed by atoms with E-state index in [1.807, 2.05) is 0 Å². The van der Waals surface area contributed by atoms with Gasteiger partial charge in [0.1, 0.15) is 6.29 Å². The van der Waals surface area contributed by atoms with Crippen LogP contribution in [0.5, 0.6) is 11.5 Å². The SMILES string of the molecule is COc1cc(C=O)ccc1OC(=O)c1ccc([N+](=O)[O-])cc1Cl. The Morgan fingerprint density at radius 1 is 1.22 bits per heavy atom. The van der Waals surface area contributed by atoms with Gasteiger partial charge in [-0.15, -0.1) is 0 Å². The summed E-state index contributed by atoms with van der Waals surface area (Å²) in [6.45, 7) is 0. The molecule has 23 heavy (non-hydrogen) atoms. The van der Waals surface area contributed by atoms with E-state index in [2.05, 4.69) is 0 Å². The van der Waals surface area contributed by atoms with E-state index in [0.717, 1.165) is 12.1 Å². The van der Waals surface area contributed by atoms with E-state index in [4.69, 9.17) is 21.1 Å². The number of carbonyl (C=O) groups is 2. The largest absolute Gasteiger partial charge is 0.493 e. The Hall–Kier alpha value is -2.93. The number of methoxy groups -OCH3 is 1. The van der Waals surface area contributed by atoms with Crippen LogP contribution in [0.3, 0.4) is 0 Å². The Morgan fingerprint density at radius 3 is 2.52 bits per heavy atom. The van der Waals surface area contributed by atoms with E-state index >= 15 is 0 Å². The van der Waals surface area contributed by atoms with Crippen LogP contribution in [0, 0.1) is 10.1 Å². The fraction of sp³-hybridized carbons (Fsp3) is 0.0667. The molecule has 0 aliphatic heterocycles. The van der Waals surface area contributed by atoms with Crippen molar-refractivity contribution in [2.45, 2.75) is 0 Å². The molecule has 0 saturated carbocycles. The van der Waals surface area contributed by atoms with Crippen molar-refractivity contribution in [3.63, 3.8) is 0 Å². The molecule has 0 saturated heterocycles. The number of hydrogen-bond acceptors (Lipinski definition) is 6. The fourth-order valence-electron chi connectivity index (χ4n) is 1.78. The van der Waals surface area contributed by atoms with Crippen molar-refractivity contribution >= 4 is 29.5 Å². The van der Waals surface area contributed by atoms with Crippen molar-refractivity contribution in [3.8, 4) is 11.5 Å². The number of halogens is 1. The third-order valence-electron chi connectivity index (χ3n) is 2.91. The van der Waals surface area contributed by atoms with E-state index in [9.17, 15) is 19.7 Å². The van der Waals surface area contributed by atoms with Gasteiger partial charge in [0.05, 0.1) is 22.6 Å². The summed E-state index contributed by atoms with van der Waals surface area (Å²) in [7, 11) is 1.36. The van der Waals surface area contributed by atoms with E-state index < -0.39 is 10.9 Å². The molecule has 0 aromatic heterocycles. The number of nitrogens with zero attached hydrogens (tertiary/aromatic N) is 1. The van der Waals surface area contributed by atoms with Crippen molar-refractivity contribution < 1.29 is 24.0 Å². The molecular formula is C15H10ClNO6. The van der Waals surface area contributed by atoms with Gasteiger partial charge >= 0.3 is 5.97 Å². The first-order chi connectivity index (χ1) is 11.0. The lowest BCUT2D eigenvalue weighted by Gasteiger charge is -2.10. The fourth-order valence-corrected chi connectivity index (χ4v) is 2.03. The van der Waals surface area contributed by atoms with Crippen LogP contribution in [0.15, 0.2) is 36.4 Å². The topological polar surface area (TPSA) is 95.7 Å². The molecule has 0 heterocycles. The van der Waals surface area contributed by atoms with Gasteiger partial charge in [0.15, 0.2) is 11.5 Å². The first-order valence-electron chi connectivity index (χ1n) is 6.25. The normalized spacial score (nSPS) is 10.0. The second-order valence-electron chi connectivity index (χ2n) is 4.34. The van der Waals surface area contributed by atoms with E-state index in [1.54, 1.807) is 0 Å². The molecule has 0 aliphatic carbocycles. The molecule has 0 radical (unpaired) electrons. The summed E-state index contributed by atoms with van der Waals surface area (Å²) in [6, 6.07) is 7.68. The van der Waals surface area contributed by atoms with E-state index in [0.29, 0.717) is 11.8 Å². The predicted molar refractivity (Wildman–Crippen MR) is 81.4 cm³/mol. The van der Waals surface area contributed by atoms with Gasteiger partial charge in [0.2, 0.25) is 0 Å². The number of hydrogen-bond donors (Lipinski definition) is 0. The lowest BCUT2D eigenvalue weighted by molar-refractivity contribution is -0.384. The van der Waals surface area contributed by atoms with Crippen LogP contribution in [-0.4, -0.2) is 24.3 Å². The smallest absolute Gasteiger partial charge is 0.345 e. The highest BCUT2D eigenvalue weighted by molar-refractivity contribution is 6.33. The number of nitro groups is 1. The highest BCUT2D eigenvalue weighted by Crippen LogP contribution is 2.30. The molecule has 0 amide bonds. The van der Waals surface area contributed by atoms with Crippen molar-refractivity contribution in [3.05, 3.63) is 62.7 Å². The Kier molecular flexibility index (Phi) is 4.92. The molecule has 0 unspecified atom stereocenters. The number of aldehydes is 1. The van der Waals surface area contributed by atoms with Gasteiger partial charge in [-0.05, 0) is 24.3 Å². The zero-order chi connectivity index (χ0) is 17.0. The Morgan fingerprint density at radius 2 is 1.96 bits per heavy atom. The molecular weight excluding hydrogens is 326 g/mol. The van der Waals surface area contributed by atoms with Crippen molar-refractivity contribution in [1.82, 2.24) is 0 Å². The summed E-state index contributed by atoms with van der Waals surface area (Å²) in [6.07, 6.45) is 0.626.